The molecule has 6 rings (SSSR count). The van der Waals surface area contributed by atoms with Gasteiger partial charge in [0.15, 0.2) is 5.65 Å². The van der Waals surface area contributed by atoms with Crippen molar-refractivity contribution in [3.05, 3.63) is 66.6 Å². The summed E-state index contributed by atoms with van der Waals surface area (Å²) in [4.78, 5) is 17.9. The number of rotatable bonds is 3. The van der Waals surface area contributed by atoms with Crippen LogP contribution in [0.3, 0.4) is 0 Å². The van der Waals surface area contributed by atoms with Crippen LogP contribution in [-0.4, -0.2) is 30.1 Å². The number of aromatic amines is 2. The van der Waals surface area contributed by atoms with Crippen LogP contribution in [0.15, 0.2) is 66.6 Å². The number of H-pyrrole nitrogens is 2. The van der Waals surface area contributed by atoms with Crippen LogP contribution in [0.25, 0.3) is 55.0 Å². The van der Waals surface area contributed by atoms with Gasteiger partial charge in [0, 0.05) is 52.2 Å². The van der Waals surface area contributed by atoms with E-state index >= 15 is 0 Å². The molecule has 6 aromatic rings. The van der Waals surface area contributed by atoms with Gasteiger partial charge in [-0.1, -0.05) is 6.07 Å². The number of hydrogen-bond acceptors (Lipinski definition) is 6. The summed E-state index contributed by atoms with van der Waals surface area (Å²) in [6, 6.07) is 12.1. The van der Waals surface area contributed by atoms with E-state index in [4.69, 9.17) is 5.73 Å². The van der Waals surface area contributed by atoms with Crippen molar-refractivity contribution >= 4 is 39.0 Å². The van der Waals surface area contributed by atoms with Gasteiger partial charge in [-0.2, -0.15) is 5.10 Å². The molecule has 0 fully saturated rings. The van der Waals surface area contributed by atoms with E-state index < -0.39 is 0 Å². The van der Waals surface area contributed by atoms with Crippen LogP contribution in [0.2, 0.25) is 0 Å². The van der Waals surface area contributed by atoms with E-state index in [2.05, 4.69) is 53.7 Å². The second kappa shape index (κ2) is 6.50. The maximum Gasteiger partial charge on any atom is 0.155 e. The predicted molar refractivity (Wildman–Crippen MR) is 120 cm³/mol. The Morgan fingerprint density at radius 1 is 0.900 bits per heavy atom. The van der Waals surface area contributed by atoms with Crippen molar-refractivity contribution < 1.29 is 0 Å². The van der Waals surface area contributed by atoms with Crippen LogP contribution in [0.1, 0.15) is 0 Å². The maximum atomic E-state index is 5.90. The Morgan fingerprint density at radius 2 is 1.83 bits per heavy atom. The zero-order chi connectivity index (χ0) is 20.1. The van der Waals surface area contributed by atoms with Crippen molar-refractivity contribution in [1.82, 2.24) is 30.1 Å². The maximum absolute atomic E-state index is 5.90. The number of anilines is 1. The molecule has 4 N–H and O–H groups in total. The fraction of sp³-hybridized carbons (Fsp3) is 0. The number of nitrogen functional groups attached to an aromatic ring is 1. The van der Waals surface area contributed by atoms with Crippen LogP contribution < -0.4 is 5.73 Å². The van der Waals surface area contributed by atoms with Crippen molar-refractivity contribution in [2.75, 3.05) is 5.73 Å². The van der Waals surface area contributed by atoms with Gasteiger partial charge in [0.2, 0.25) is 0 Å². The van der Waals surface area contributed by atoms with Gasteiger partial charge in [-0.15, -0.1) is 11.3 Å². The van der Waals surface area contributed by atoms with Crippen LogP contribution in [0.4, 0.5) is 5.69 Å². The highest BCUT2D eigenvalue weighted by Gasteiger charge is 2.15. The van der Waals surface area contributed by atoms with Crippen LogP contribution in [0, 0.1) is 0 Å². The molecule has 0 radical (unpaired) electrons. The average Bonchev–Trinajstić information content (AvgIpc) is 3.51. The lowest BCUT2D eigenvalue weighted by Gasteiger charge is -2.02. The van der Waals surface area contributed by atoms with Gasteiger partial charge < -0.3 is 10.7 Å². The molecular weight excluding hydrogens is 394 g/mol. The third-order valence-corrected chi connectivity index (χ3v) is 5.94. The van der Waals surface area contributed by atoms with Crippen LogP contribution >= 0.6 is 11.3 Å². The van der Waals surface area contributed by atoms with Gasteiger partial charge in [-0.25, -0.2) is 4.98 Å². The third kappa shape index (κ3) is 2.66. The number of nitrogens with zero attached hydrogens (tertiary/aromatic N) is 4. The number of hydrogen-bond donors (Lipinski definition) is 3. The first-order chi connectivity index (χ1) is 14.8. The molecule has 0 saturated carbocycles. The molecule has 0 aliphatic rings. The molecule has 0 aromatic carbocycles. The Kier molecular flexibility index (Phi) is 3.65. The third-order valence-electron chi connectivity index (χ3n) is 5.07. The van der Waals surface area contributed by atoms with E-state index in [0.29, 0.717) is 5.69 Å². The molecule has 8 heteroatoms. The minimum atomic E-state index is 0.615. The topological polar surface area (TPSA) is 109 Å². The van der Waals surface area contributed by atoms with Crippen molar-refractivity contribution in [3.63, 3.8) is 0 Å². The number of thiophene rings is 1. The molecule has 0 atom stereocenters. The molecule has 0 unspecified atom stereocenters. The second-order valence-electron chi connectivity index (χ2n) is 6.98. The lowest BCUT2D eigenvalue weighted by atomic mass is 10.1. The van der Waals surface area contributed by atoms with Gasteiger partial charge >= 0.3 is 0 Å². The molecule has 0 spiro atoms. The number of nitrogens with two attached hydrogens (primary N) is 1. The van der Waals surface area contributed by atoms with Gasteiger partial charge in [0.05, 0.1) is 22.0 Å². The van der Waals surface area contributed by atoms with Gasteiger partial charge in [0.1, 0.15) is 5.69 Å². The lowest BCUT2D eigenvalue weighted by molar-refractivity contribution is 1.10. The smallest absolute Gasteiger partial charge is 0.155 e. The summed E-state index contributed by atoms with van der Waals surface area (Å²) in [7, 11) is 0. The lowest BCUT2D eigenvalue weighted by Crippen LogP contribution is -1.88. The summed E-state index contributed by atoms with van der Waals surface area (Å²) in [6.07, 6.45) is 7.03. The Morgan fingerprint density at radius 3 is 2.70 bits per heavy atom. The van der Waals surface area contributed by atoms with E-state index in [1.54, 1.807) is 29.9 Å². The monoisotopic (exact) mass is 409 g/mol. The van der Waals surface area contributed by atoms with E-state index in [9.17, 15) is 0 Å². The van der Waals surface area contributed by atoms with Crippen LogP contribution in [-0.2, 0) is 0 Å². The second-order valence-corrected chi connectivity index (χ2v) is 7.93. The summed E-state index contributed by atoms with van der Waals surface area (Å²) in [6.45, 7) is 0. The van der Waals surface area contributed by atoms with E-state index in [1.165, 1.54) is 0 Å². The highest BCUT2D eigenvalue weighted by atomic mass is 32.1. The molecule has 0 aliphatic heterocycles. The molecule has 0 saturated heterocycles. The molecule has 6 heterocycles. The molecule has 7 nitrogen and oxygen atoms in total. The fourth-order valence-electron chi connectivity index (χ4n) is 3.67. The summed E-state index contributed by atoms with van der Waals surface area (Å²) in [5, 5.41) is 11.6. The molecule has 0 aliphatic carbocycles. The van der Waals surface area contributed by atoms with Gasteiger partial charge in [0.25, 0.3) is 0 Å². The van der Waals surface area contributed by atoms with Gasteiger partial charge in [-0.05, 0) is 35.7 Å². The normalized spacial score (nSPS) is 11.5. The first kappa shape index (κ1) is 16.9. The molecule has 0 amide bonds. The van der Waals surface area contributed by atoms with Crippen molar-refractivity contribution in [1.29, 1.82) is 0 Å². The summed E-state index contributed by atoms with van der Waals surface area (Å²) >= 11 is 1.68. The predicted octanol–water partition coefficient (Wildman–Crippen LogP) is 4.87. The van der Waals surface area contributed by atoms with E-state index in [0.717, 1.165) is 55.0 Å². The summed E-state index contributed by atoms with van der Waals surface area (Å²) in [5.74, 6) is 0. The number of aromatic nitrogens is 6. The first-order valence-corrected chi connectivity index (χ1v) is 10.2. The highest BCUT2D eigenvalue weighted by molar-refractivity contribution is 7.13. The number of pyridine rings is 3. The molecule has 6 aromatic heterocycles. The van der Waals surface area contributed by atoms with E-state index in [-0.39, 0.29) is 0 Å². The molecule has 30 heavy (non-hydrogen) atoms. The number of nitrogens with one attached hydrogen (secondary N) is 2. The Hall–Kier alpha value is -4.04. The highest BCUT2D eigenvalue weighted by Crippen LogP contribution is 2.35. The summed E-state index contributed by atoms with van der Waals surface area (Å²) < 4.78 is 0. The zero-order valence-corrected chi connectivity index (χ0v) is 16.4. The Labute approximate surface area is 174 Å². The average molecular weight is 409 g/mol. The minimum absolute atomic E-state index is 0.615. The molecule has 0 bridgehead atoms. The zero-order valence-electron chi connectivity index (χ0n) is 15.6. The first-order valence-electron chi connectivity index (χ1n) is 9.33. The Bertz CT molecular complexity index is 1510. The minimum Gasteiger partial charge on any atom is -0.397 e. The standard InChI is InChI=1S/C22H15N7S/c23-14-6-12(9-24-11-14)13-7-16-20(28-29-22(16)26-10-13)18-8-15-17(27-18)3-4-25-21(15)19-2-1-5-30-19/h1-11,27H,23H2,(H,26,28,29). The molecule has 144 valence electrons. The quantitative estimate of drug-likeness (QED) is 0.386. The SMILES string of the molecule is Nc1cncc(-c2cnc3[nH]nc(-c4cc5c(-c6cccs6)nccc5[nH]4)c3c2)c1. The molecular formula is C22H15N7S. The van der Waals surface area contributed by atoms with Crippen molar-refractivity contribution in [2.45, 2.75) is 0 Å². The van der Waals surface area contributed by atoms with Crippen LogP contribution in [0.5, 0.6) is 0 Å². The Balaban J connectivity index is 1.52. The van der Waals surface area contributed by atoms with Crippen molar-refractivity contribution in [2.24, 2.45) is 0 Å². The van der Waals surface area contributed by atoms with E-state index in [1.807, 2.05) is 24.4 Å². The van der Waals surface area contributed by atoms with Crippen molar-refractivity contribution in [3.8, 4) is 33.1 Å². The number of fused-ring (bicyclic) bond motifs is 2. The van der Waals surface area contributed by atoms with Gasteiger partial charge in [-0.3, -0.25) is 15.1 Å². The fourth-order valence-corrected chi connectivity index (χ4v) is 4.41. The largest absolute Gasteiger partial charge is 0.397 e. The summed E-state index contributed by atoms with van der Waals surface area (Å²) in [5.41, 5.74) is 12.8.